The highest BCUT2D eigenvalue weighted by molar-refractivity contribution is 8.22. The van der Waals surface area contributed by atoms with Gasteiger partial charge in [0.15, 0.2) is 0 Å². The van der Waals surface area contributed by atoms with Crippen molar-refractivity contribution < 1.29 is 28.5 Å². The number of benzene rings is 3. The first kappa shape index (κ1) is 26.2. The maximum Gasteiger partial charge on any atom is 0.304 e. The predicted octanol–water partition coefficient (Wildman–Crippen LogP) is 5.49. The Kier molecular flexibility index (Phi) is 6.96. The Balaban J connectivity index is 1.50. The van der Waals surface area contributed by atoms with Crippen LogP contribution in [0.2, 0.25) is 0 Å². The summed E-state index contributed by atoms with van der Waals surface area (Å²) in [6, 6.07) is 18.4. The fourth-order valence-electron chi connectivity index (χ4n) is 5.29. The van der Waals surface area contributed by atoms with Crippen molar-refractivity contribution in [2.24, 2.45) is 0 Å². The Morgan fingerprint density at radius 1 is 1.11 bits per heavy atom. The molecule has 3 aromatic rings. The predicted molar refractivity (Wildman–Crippen MR) is 146 cm³/mol. The third kappa shape index (κ3) is 4.90. The van der Waals surface area contributed by atoms with Crippen molar-refractivity contribution in [3.8, 4) is 5.75 Å². The minimum absolute atomic E-state index is 0.0322. The zero-order chi connectivity index (χ0) is 27.2. The fourth-order valence-corrected chi connectivity index (χ4v) is 6.95. The molecule has 2 aliphatic rings. The van der Waals surface area contributed by atoms with Crippen LogP contribution in [0.5, 0.6) is 5.75 Å². The molecule has 0 aliphatic carbocycles. The number of hydrogen-bond donors (Lipinski definition) is 3. The first-order valence-corrected chi connectivity index (χ1v) is 14.0. The van der Waals surface area contributed by atoms with Crippen molar-refractivity contribution in [3.05, 3.63) is 94.0 Å². The van der Waals surface area contributed by atoms with Crippen molar-refractivity contribution in [3.63, 3.8) is 0 Å². The third-order valence-electron chi connectivity index (χ3n) is 7.31. The summed E-state index contributed by atoms with van der Waals surface area (Å²) in [5, 5.41) is 9.74. The highest BCUT2D eigenvalue weighted by Crippen LogP contribution is 2.57. The van der Waals surface area contributed by atoms with Gasteiger partial charge in [-0.05, 0) is 59.9 Å². The molecule has 0 spiro atoms. The van der Waals surface area contributed by atoms with Gasteiger partial charge >= 0.3 is 5.97 Å². The molecule has 0 fully saturated rings. The maximum atomic E-state index is 12.4. The van der Waals surface area contributed by atoms with Gasteiger partial charge in [0, 0.05) is 31.6 Å². The van der Waals surface area contributed by atoms with E-state index < -0.39 is 22.7 Å². The molecule has 2 unspecified atom stereocenters. The van der Waals surface area contributed by atoms with E-state index in [0.717, 1.165) is 27.8 Å². The number of amides is 1. The van der Waals surface area contributed by atoms with Crippen LogP contribution in [0.15, 0.2) is 65.6 Å². The molecule has 5 rings (SSSR count). The third-order valence-corrected chi connectivity index (χ3v) is 9.24. The van der Waals surface area contributed by atoms with Gasteiger partial charge in [0.2, 0.25) is 0 Å². The van der Waals surface area contributed by atoms with Gasteiger partial charge < -0.3 is 14.7 Å². The number of carboxylic acid groups (broad SMARTS) is 1. The normalized spacial score (nSPS) is 20.2. The molecule has 38 heavy (non-hydrogen) atoms. The monoisotopic (exact) mass is 536 g/mol. The summed E-state index contributed by atoms with van der Waals surface area (Å²) in [6.07, 6.45) is -0.372. The zero-order valence-corrected chi connectivity index (χ0v) is 22.4. The van der Waals surface area contributed by atoms with Crippen LogP contribution in [0.25, 0.3) is 0 Å². The molecule has 2 aliphatic heterocycles. The summed E-state index contributed by atoms with van der Waals surface area (Å²) in [7, 11) is -1.56. The summed E-state index contributed by atoms with van der Waals surface area (Å²) in [5.41, 5.74) is 5.04. The quantitative estimate of drug-likeness (QED) is 0.382. The largest absolute Gasteiger partial charge is 0.487 e. The first-order chi connectivity index (χ1) is 18.0. The van der Waals surface area contributed by atoms with Crippen LogP contribution in [0.4, 0.5) is 0 Å². The van der Waals surface area contributed by atoms with Crippen molar-refractivity contribution in [2.75, 3.05) is 13.6 Å². The Morgan fingerprint density at radius 3 is 2.58 bits per heavy atom. The van der Waals surface area contributed by atoms with Crippen LogP contribution < -0.4 is 4.74 Å². The van der Waals surface area contributed by atoms with E-state index in [2.05, 4.69) is 0 Å². The second-order valence-electron chi connectivity index (χ2n) is 10.1. The van der Waals surface area contributed by atoms with Crippen molar-refractivity contribution in [2.45, 2.75) is 50.3 Å². The average Bonchev–Trinajstić information content (AvgIpc) is 3.10. The van der Waals surface area contributed by atoms with Gasteiger partial charge in [0.25, 0.3) is 5.91 Å². The van der Waals surface area contributed by atoms with E-state index in [1.807, 2.05) is 44.2 Å². The van der Waals surface area contributed by atoms with Crippen molar-refractivity contribution >= 4 is 22.7 Å². The lowest BCUT2D eigenvalue weighted by atomic mass is 9.85. The topological polar surface area (TPSA) is 111 Å². The highest BCUT2D eigenvalue weighted by atomic mass is 32.3. The van der Waals surface area contributed by atoms with Gasteiger partial charge in [-0.1, -0.05) is 42.5 Å². The number of ether oxygens (including phenoxy) is 1. The fraction of sp³-hybridized carbons (Fsp3) is 0.310. The smallest absolute Gasteiger partial charge is 0.304 e. The minimum atomic E-state index is -3.31. The standard InChI is InChI=1S/C29H32N2O6S/c1-18-8-9-20(25(14-28(32)33)21-10-11-24-23(13-21)16-30(3)29(24)34)12-22(18)17-31-15-19(2)37-26-6-4-5-7-27(26)38(31,35)36/h4-13,19,25,35-36H,14-17H2,1-3H3,(H,32,33). The number of rotatable bonds is 6. The molecule has 8 nitrogen and oxygen atoms in total. The number of aliphatic carboxylic acids is 1. The summed E-state index contributed by atoms with van der Waals surface area (Å²) < 4.78 is 30.3. The molecule has 2 atom stereocenters. The lowest BCUT2D eigenvalue weighted by Crippen LogP contribution is -2.33. The van der Waals surface area contributed by atoms with E-state index in [4.69, 9.17) is 4.74 Å². The van der Waals surface area contributed by atoms with Crippen LogP contribution in [-0.2, 0) is 17.9 Å². The first-order valence-electron chi connectivity index (χ1n) is 12.5. The maximum absolute atomic E-state index is 12.4. The van der Waals surface area contributed by atoms with E-state index in [1.165, 1.54) is 0 Å². The molecule has 200 valence electrons. The second-order valence-corrected chi connectivity index (χ2v) is 12.1. The molecule has 0 saturated heterocycles. The number of carbonyl (C=O) groups excluding carboxylic acids is 1. The van der Waals surface area contributed by atoms with E-state index in [-0.39, 0.29) is 25.0 Å². The molecule has 2 heterocycles. The van der Waals surface area contributed by atoms with Crippen LogP contribution in [0.3, 0.4) is 0 Å². The highest BCUT2D eigenvalue weighted by Gasteiger charge is 2.34. The van der Waals surface area contributed by atoms with E-state index in [0.29, 0.717) is 29.3 Å². The second kappa shape index (κ2) is 10.1. The summed E-state index contributed by atoms with van der Waals surface area (Å²) in [4.78, 5) is 26.3. The number of fused-ring (bicyclic) bond motifs is 2. The van der Waals surface area contributed by atoms with Crippen LogP contribution in [0, 0.1) is 6.92 Å². The van der Waals surface area contributed by atoms with E-state index in [9.17, 15) is 23.8 Å². The minimum Gasteiger partial charge on any atom is -0.487 e. The van der Waals surface area contributed by atoms with Gasteiger partial charge in [-0.25, -0.2) is 0 Å². The van der Waals surface area contributed by atoms with E-state index in [1.54, 1.807) is 46.6 Å². The van der Waals surface area contributed by atoms with Crippen molar-refractivity contribution in [1.29, 1.82) is 0 Å². The van der Waals surface area contributed by atoms with Crippen LogP contribution in [-0.4, -0.2) is 55.0 Å². The zero-order valence-electron chi connectivity index (χ0n) is 21.6. The molecule has 0 radical (unpaired) electrons. The molecular weight excluding hydrogens is 504 g/mol. The summed E-state index contributed by atoms with van der Waals surface area (Å²) >= 11 is 0. The number of aryl methyl sites for hydroxylation is 1. The lowest BCUT2D eigenvalue weighted by Gasteiger charge is -2.42. The molecule has 1 amide bonds. The van der Waals surface area contributed by atoms with Crippen molar-refractivity contribution in [1.82, 2.24) is 9.21 Å². The van der Waals surface area contributed by atoms with E-state index >= 15 is 0 Å². The molecule has 3 N–H and O–H groups in total. The number of para-hydroxylation sites is 1. The summed E-state index contributed by atoms with van der Waals surface area (Å²) in [6.45, 7) is 4.92. The van der Waals surface area contributed by atoms with Crippen LogP contribution in [0.1, 0.15) is 57.4 Å². The number of carboxylic acids is 1. The lowest BCUT2D eigenvalue weighted by molar-refractivity contribution is -0.137. The Bertz CT molecular complexity index is 1410. The SMILES string of the molecule is Cc1ccc(C(CC(=O)O)c2ccc3c(c2)CN(C)C3=O)cc1CN1CC(C)Oc2ccccc2S1(O)O. The Hall–Kier alpha value is -3.37. The van der Waals surface area contributed by atoms with Gasteiger partial charge in [-0.3, -0.25) is 18.7 Å². The summed E-state index contributed by atoms with van der Waals surface area (Å²) in [5.74, 6) is -0.911. The molecular formula is C29H32N2O6S. The number of hydrogen-bond acceptors (Lipinski definition) is 6. The molecule has 3 aromatic carbocycles. The Morgan fingerprint density at radius 2 is 1.82 bits per heavy atom. The van der Waals surface area contributed by atoms with Gasteiger partial charge in [-0.15, -0.1) is 10.8 Å². The molecule has 0 saturated carbocycles. The number of nitrogens with zero attached hydrogens (tertiary/aromatic N) is 2. The van der Waals surface area contributed by atoms with Gasteiger partial charge in [-0.2, -0.15) is 4.31 Å². The average molecular weight is 537 g/mol. The Labute approximate surface area is 223 Å². The molecule has 0 bridgehead atoms. The van der Waals surface area contributed by atoms with Gasteiger partial charge in [0.1, 0.15) is 16.7 Å². The van der Waals surface area contributed by atoms with Gasteiger partial charge in [0.05, 0.1) is 13.0 Å². The molecule has 9 heteroatoms. The van der Waals surface area contributed by atoms with Crippen LogP contribution >= 0.6 is 10.8 Å². The number of carbonyl (C=O) groups is 2. The molecule has 0 aromatic heterocycles.